The van der Waals surface area contributed by atoms with Gasteiger partial charge in [0.1, 0.15) is 11.8 Å². The number of aliphatic imine (C=N–C) groups is 1. The summed E-state index contributed by atoms with van der Waals surface area (Å²) in [6.07, 6.45) is 8.02. The summed E-state index contributed by atoms with van der Waals surface area (Å²) in [7, 11) is 0. The van der Waals surface area contributed by atoms with E-state index in [1.165, 1.54) is 12.5 Å². The van der Waals surface area contributed by atoms with E-state index in [9.17, 15) is 4.39 Å². The SMILES string of the molecule is CCC(Nc1ncnc2nc[nH]c12)C1=NC(C)=CCC1c1cccnc1F. The monoisotopic (exact) mass is 365 g/mol. The Bertz CT molecular complexity index is 1020. The van der Waals surface area contributed by atoms with Crippen LogP contribution in [0.2, 0.25) is 0 Å². The molecule has 0 radical (unpaired) electrons. The van der Waals surface area contributed by atoms with E-state index in [2.05, 4.69) is 37.2 Å². The maximum atomic E-state index is 14.4. The number of imidazole rings is 1. The van der Waals surface area contributed by atoms with Crippen molar-refractivity contribution in [2.75, 3.05) is 5.32 Å². The lowest BCUT2D eigenvalue weighted by Gasteiger charge is -2.29. The molecule has 7 nitrogen and oxygen atoms in total. The van der Waals surface area contributed by atoms with Gasteiger partial charge < -0.3 is 10.3 Å². The Labute approximate surface area is 155 Å². The first kappa shape index (κ1) is 17.3. The molecule has 0 saturated carbocycles. The second kappa shape index (κ2) is 7.22. The number of anilines is 1. The van der Waals surface area contributed by atoms with Gasteiger partial charge in [-0.05, 0) is 25.8 Å². The summed E-state index contributed by atoms with van der Waals surface area (Å²) in [5, 5.41) is 3.44. The lowest BCUT2D eigenvalue weighted by atomic mass is 9.85. The van der Waals surface area contributed by atoms with Crippen LogP contribution in [0.25, 0.3) is 11.2 Å². The van der Waals surface area contributed by atoms with Gasteiger partial charge >= 0.3 is 0 Å². The van der Waals surface area contributed by atoms with E-state index in [1.807, 2.05) is 13.0 Å². The summed E-state index contributed by atoms with van der Waals surface area (Å²) < 4.78 is 14.4. The predicted molar refractivity (Wildman–Crippen MR) is 102 cm³/mol. The van der Waals surface area contributed by atoms with Gasteiger partial charge in [-0.25, -0.2) is 19.9 Å². The molecule has 1 aliphatic heterocycles. The van der Waals surface area contributed by atoms with Crippen LogP contribution in [0.1, 0.15) is 38.2 Å². The summed E-state index contributed by atoms with van der Waals surface area (Å²) in [5.74, 6) is 0.0413. The van der Waals surface area contributed by atoms with E-state index in [0.717, 1.165) is 23.3 Å². The number of nitrogens with one attached hydrogen (secondary N) is 2. The number of allylic oxidation sites excluding steroid dienone is 2. The number of nitrogens with zero attached hydrogens (tertiary/aromatic N) is 5. The lowest BCUT2D eigenvalue weighted by Crippen LogP contribution is -2.35. The largest absolute Gasteiger partial charge is 0.360 e. The molecule has 3 aromatic heterocycles. The van der Waals surface area contributed by atoms with Gasteiger partial charge in [0.2, 0.25) is 5.95 Å². The summed E-state index contributed by atoms with van der Waals surface area (Å²) >= 11 is 0. The zero-order valence-corrected chi connectivity index (χ0v) is 15.1. The summed E-state index contributed by atoms with van der Waals surface area (Å²) in [6.45, 7) is 4.02. The lowest BCUT2D eigenvalue weighted by molar-refractivity contribution is 0.558. The van der Waals surface area contributed by atoms with Crippen LogP contribution in [-0.4, -0.2) is 36.7 Å². The number of hydrogen-bond acceptors (Lipinski definition) is 6. The molecular formula is C19H20FN7. The van der Waals surface area contributed by atoms with Gasteiger partial charge in [-0.2, -0.15) is 4.39 Å². The first-order valence-electron chi connectivity index (χ1n) is 8.93. The van der Waals surface area contributed by atoms with Crippen molar-refractivity contribution in [3.63, 3.8) is 0 Å². The quantitative estimate of drug-likeness (QED) is 0.674. The van der Waals surface area contributed by atoms with Crippen molar-refractivity contribution in [1.29, 1.82) is 0 Å². The Hall–Kier alpha value is -3.16. The van der Waals surface area contributed by atoms with Gasteiger partial charge in [-0.1, -0.05) is 19.1 Å². The third-order valence-electron chi connectivity index (χ3n) is 4.77. The maximum absolute atomic E-state index is 14.4. The number of H-pyrrole nitrogens is 1. The molecule has 3 aromatic rings. The van der Waals surface area contributed by atoms with Gasteiger partial charge in [0, 0.05) is 29.1 Å². The zero-order chi connectivity index (χ0) is 18.8. The van der Waals surface area contributed by atoms with Crippen LogP contribution < -0.4 is 5.32 Å². The zero-order valence-electron chi connectivity index (χ0n) is 15.1. The fourth-order valence-corrected chi connectivity index (χ4v) is 3.43. The van der Waals surface area contributed by atoms with Crippen LogP contribution >= 0.6 is 0 Å². The number of rotatable bonds is 5. The highest BCUT2D eigenvalue weighted by molar-refractivity contribution is 5.99. The van der Waals surface area contributed by atoms with Gasteiger partial charge in [0.25, 0.3) is 0 Å². The number of aromatic amines is 1. The van der Waals surface area contributed by atoms with Crippen molar-refractivity contribution >= 4 is 22.7 Å². The molecule has 1 aliphatic rings. The molecule has 0 spiro atoms. The fraction of sp³-hybridized carbons (Fsp3) is 0.316. The van der Waals surface area contributed by atoms with Crippen LogP contribution in [0, 0.1) is 5.95 Å². The molecule has 0 fully saturated rings. The molecule has 27 heavy (non-hydrogen) atoms. The normalized spacial score (nSPS) is 18.1. The molecule has 138 valence electrons. The van der Waals surface area contributed by atoms with Gasteiger partial charge in [-0.3, -0.25) is 4.99 Å². The Morgan fingerprint density at radius 1 is 1.30 bits per heavy atom. The smallest absolute Gasteiger partial charge is 0.216 e. The van der Waals surface area contributed by atoms with Crippen LogP contribution in [0.5, 0.6) is 0 Å². The Morgan fingerprint density at radius 3 is 3.00 bits per heavy atom. The molecule has 2 unspecified atom stereocenters. The van der Waals surface area contributed by atoms with Gasteiger partial charge in [-0.15, -0.1) is 0 Å². The molecule has 0 aliphatic carbocycles. The highest BCUT2D eigenvalue weighted by Crippen LogP contribution is 2.31. The van der Waals surface area contributed by atoms with Crippen LogP contribution in [-0.2, 0) is 0 Å². The number of hydrogen-bond donors (Lipinski definition) is 2. The van der Waals surface area contributed by atoms with E-state index in [0.29, 0.717) is 23.4 Å². The molecule has 4 rings (SSSR count). The number of halogens is 1. The van der Waals surface area contributed by atoms with Crippen LogP contribution in [0.15, 0.2) is 47.7 Å². The minimum atomic E-state index is -0.448. The third-order valence-corrected chi connectivity index (χ3v) is 4.77. The number of fused-ring (bicyclic) bond motifs is 1. The molecule has 0 amide bonds. The van der Waals surface area contributed by atoms with Crippen molar-refractivity contribution in [2.45, 2.75) is 38.6 Å². The second-order valence-electron chi connectivity index (χ2n) is 6.48. The molecule has 0 bridgehead atoms. The van der Waals surface area contributed by atoms with Gasteiger partial charge in [0.15, 0.2) is 11.5 Å². The summed E-state index contributed by atoms with van der Waals surface area (Å²) in [5.41, 5.74) is 3.72. The van der Waals surface area contributed by atoms with Crippen molar-refractivity contribution < 1.29 is 4.39 Å². The molecule has 0 saturated heterocycles. The molecule has 2 atom stereocenters. The highest BCUT2D eigenvalue weighted by atomic mass is 19.1. The molecule has 2 N–H and O–H groups in total. The second-order valence-corrected chi connectivity index (χ2v) is 6.48. The van der Waals surface area contributed by atoms with E-state index in [1.54, 1.807) is 18.5 Å². The van der Waals surface area contributed by atoms with E-state index >= 15 is 0 Å². The first-order chi connectivity index (χ1) is 13.2. The molecule has 4 heterocycles. The van der Waals surface area contributed by atoms with Crippen molar-refractivity contribution in [3.05, 3.63) is 54.3 Å². The topological polar surface area (TPSA) is 91.7 Å². The summed E-state index contributed by atoms with van der Waals surface area (Å²) in [4.78, 5) is 24.3. The molecule has 0 aromatic carbocycles. The summed E-state index contributed by atoms with van der Waals surface area (Å²) in [6, 6.07) is 3.43. The Balaban J connectivity index is 1.71. The molecule has 8 heteroatoms. The average Bonchev–Trinajstić information content (AvgIpc) is 3.16. The van der Waals surface area contributed by atoms with Crippen molar-refractivity contribution in [3.8, 4) is 0 Å². The number of pyridine rings is 1. The van der Waals surface area contributed by atoms with E-state index in [-0.39, 0.29) is 12.0 Å². The van der Waals surface area contributed by atoms with E-state index in [4.69, 9.17) is 4.99 Å². The maximum Gasteiger partial charge on any atom is 0.216 e. The Morgan fingerprint density at radius 2 is 2.19 bits per heavy atom. The van der Waals surface area contributed by atoms with Crippen molar-refractivity contribution in [1.82, 2.24) is 24.9 Å². The van der Waals surface area contributed by atoms with Crippen LogP contribution in [0.3, 0.4) is 0 Å². The van der Waals surface area contributed by atoms with Crippen molar-refractivity contribution in [2.24, 2.45) is 4.99 Å². The van der Waals surface area contributed by atoms with Crippen LogP contribution in [0.4, 0.5) is 10.2 Å². The van der Waals surface area contributed by atoms with Gasteiger partial charge in [0.05, 0.1) is 12.4 Å². The minimum Gasteiger partial charge on any atom is -0.360 e. The Kier molecular flexibility index (Phi) is 4.62. The fourth-order valence-electron chi connectivity index (χ4n) is 3.43. The first-order valence-corrected chi connectivity index (χ1v) is 8.93. The van der Waals surface area contributed by atoms with E-state index < -0.39 is 5.95 Å². The highest BCUT2D eigenvalue weighted by Gasteiger charge is 2.29. The molecular weight excluding hydrogens is 345 g/mol. The number of aromatic nitrogens is 5. The minimum absolute atomic E-state index is 0.111. The average molecular weight is 365 g/mol. The standard InChI is InChI=1S/C19H20FN7/c1-3-14(27-19-16-18(23-9-22-16)24-10-25-19)15-12(7-6-11(2)26-15)13-5-4-8-21-17(13)20/h4-6,8-10,12,14H,3,7H2,1-2H3,(H2,22,23,24,25,27). The predicted octanol–water partition coefficient (Wildman–Crippen LogP) is 3.61. The third kappa shape index (κ3) is 3.30.